The minimum Gasteiger partial charge on any atom is -0.351 e. The highest BCUT2D eigenvalue weighted by Crippen LogP contribution is 2.28. The second kappa shape index (κ2) is 6.84. The van der Waals surface area contributed by atoms with E-state index in [2.05, 4.69) is 26.7 Å². The summed E-state index contributed by atoms with van der Waals surface area (Å²) in [6.07, 6.45) is 7.12. The number of piperidine rings is 1. The molecule has 0 atom stereocenters. The summed E-state index contributed by atoms with van der Waals surface area (Å²) in [5, 5.41) is 19.2. The summed E-state index contributed by atoms with van der Waals surface area (Å²) in [6, 6.07) is 2.72. The van der Waals surface area contributed by atoms with E-state index in [1.807, 2.05) is 0 Å². The fraction of sp³-hybridized carbons (Fsp3) is 0.474. The number of fused-ring (bicyclic) bond motifs is 1. The first-order valence-corrected chi connectivity index (χ1v) is 9.82. The standard InChI is InChI=1S/C19H20N8O2/c20-9-11-3-5-26(6-4-11)18-24-16-13(7-12-8-15(28)23-17(12)29)10-21-27(16)19(25-18)22-14-1-2-14/h7,10-11,14H,1-6,8H2,(H,22,24,25)(H,23,28,29)/b12-7+. The fourth-order valence-electron chi connectivity index (χ4n) is 3.65. The van der Waals surface area contributed by atoms with E-state index in [4.69, 9.17) is 15.2 Å². The van der Waals surface area contributed by atoms with Crippen molar-refractivity contribution in [1.82, 2.24) is 24.9 Å². The van der Waals surface area contributed by atoms with Crippen molar-refractivity contribution in [1.29, 1.82) is 5.26 Å². The molecule has 2 amide bonds. The Morgan fingerprint density at radius 1 is 1.21 bits per heavy atom. The molecule has 0 radical (unpaired) electrons. The second-order valence-corrected chi connectivity index (χ2v) is 7.72. The van der Waals surface area contributed by atoms with E-state index in [0.29, 0.717) is 34.7 Å². The monoisotopic (exact) mass is 392 g/mol. The summed E-state index contributed by atoms with van der Waals surface area (Å²) < 4.78 is 1.64. The number of imide groups is 1. The Morgan fingerprint density at radius 3 is 2.66 bits per heavy atom. The molecule has 2 aromatic rings. The first kappa shape index (κ1) is 17.6. The van der Waals surface area contributed by atoms with E-state index in [9.17, 15) is 9.59 Å². The maximum Gasteiger partial charge on any atom is 0.254 e. The van der Waals surface area contributed by atoms with Gasteiger partial charge in [0.05, 0.1) is 18.7 Å². The fourth-order valence-corrected chi connectivity index (χ4v) is 3.65. The lowest BCUT2D eigenvalue weighted by molar-refractivity contribution is -0.124. The van der Waals surface area contributed by atoms with Crippen LogP contribution < -0.4 is 15.5 Å². The maximum atomic E-state index is 11.9. The van der Waals surface area contributed by atoms with Crippen molar-refractivity contribution >= 4 is 35.4 Å². The molecule has 29 heavy (non-hydrogen) atoms. The molecule has 10 nitrogen and oxygen atoms in total. The molecule has 2 N–H and O–H groups in total. The highest BCUT2D eigenvalue weighted by atomic mass is 16.2. The number of rotatable bonds is 4. The number of carbonyl (C=O) groups excluding carboxylic acids is 2. The van der Waals surface area contributed by atoms with Crippen LogP contribution in [0.3, 0.4) is 0 Å². The Morgan fingerprint density at radius 2 is 2.00 bits per heavy atom. The van der Waals surface area contributed by atoms with E-state index in [0.717, 1.165) is 38.8 Å². The van der Waals surface area contributed by atoms with Gasteiger partial charge in [-0.1, -0.05) is 0 Å². The SMILES string of the molecule is N#CC1CCN(c2nc(NC3CC3)n3ncc(/C=C4\CC(=O)NC4=O)c3n2)CC1. The Balaban J connectivity index is 1.54. The van der Waals surface area contributed by atoms with Gasteiger partial charge >= 0.3 is 0 Å². The first-order chi connectivity index (χ1) is 14.1. The van der Waals surface area contributed by atoms with Crippen LogP contribution in [0.2, 0.25) is 0 Å². The van der Waals surface area contributed by atoms with Crippen LogP contribution in [0.5, 0.6) is 0 Å². The third-order valence-corrected chi connectivity index (χ3v) is 5.48. The summed E-state index contributed by atoms with van der Waals surface area (Å²) in [5.41, 5.74) is 1.65. The molecule has 2 aliphatic heterocycles. The number of amides is 2. The normalized spacial score (nSPS) is 21.6. The van der Waals surface area contributed by atoms with Crippen LogP contribution in [0.25, 0.3) is 11.7 Å². The van der Waals surface area contributed by atoms with Gasteiger partial charge in [0.25, 0.3) is 5.91 Å². The molecule has 0 spiro atoms. The topological polar surface area (TPSA) is 128 Å². The van der Waals surface area contributed by atoms with Crippen LogP contribution in [-0.2, 0) is 9.59 Å². The summed E-state index contributed by atoms with van der Waals surface area (Å²) in [7, 11) is 0. The average molecular weight is 392 g/mol. The van der Waals surface area contributed by atoms with E-state index in [1.54, 1.807) is 16.8 Å². The van der Waals surface area contributed by atoms with Gasteiger partial charge in [0.15, 0.2) is 5.65 Å². The zero-order valence-corrected chi connectivity index (χ0v) is 15.8. The van der Waals surface area contributed by atoms with E-state index < -0.39 is 0 Å². The van der Waals surface area contributed by atoms with Gasteiger partial charge in [-0.2, -0.15) is 24.8 Å². The number of aromatic nitrogens is 4. The van der Waals surface area contributed by atoms with Gasteiger partial charge in [0.1, 0.15) is 0 Å². The first-order valence-electron chi connectivity index (χ1n) is 9.82. The van der Waals surface area contributed by atoms with Crippen LogP contribution in [-0.4, -0.2) is 50.5 Å². The van der Waals surface area contributed by atoms with Gasteiger partial charge in [-0.05, 0) is 31.8 Å². The Hall–Kier alpha value is -3.48. The van der Waals surface area contributed by atoms with Crippen LogP contribution in [0.4, 0.5) is 11.9 Å². The summed E-state index contributed by atoms with van der Waals surface area (Å²) in [6.45, 7) is 1.44. The van der Waals surface area contributed by atoms with E-state index in [1.165, 1.54) is 0 Å². The summed E-state index contributed by atoms with van der Waals surface area (Å²) >= 11 is 0. The molecule has 2 aromatic heterocycles. The highest BCUT2D eigenvalue weighted by Gasteiger charge is 2.27. The molecular weight excluding hydrogens is 372 g/mol. The van der Waals surface area contributed by atoms with Crippen LogP contribution in [0.1, 0.15) is 37.7 Å². The molecule has 2 saturated heterocycles. The van der Waals surface area contributed by atoms with Gasteiger partial charge < -0.3 is 10.2 Å². The molecule has 3 fully saturated rings. The Kier molecular flexibility index (Phi) is 4.16. The van der Waals surface area contributed by atoms with Crippen LogP contribution in [0, 0.1) is 17.2 Å². The predicted molar refractivity (Wildman–Crippen MR) is 104 cm³/mol. The smallest absolute Gasteiger partial charge is 0.254 e. The van der Waals surface area contributed by atoms with Gasteiger partial charge in [-0.25, -0.2) is 0 Å². The van der Waals surface area contributed by atoms with Crippen molar-refractivity contribution in [2.24, 2.45) is 5.92 Å². The lowest BCUT2D eigenvalue weighted by Gasteiger charge is -2.29. The quantitative estimate of drug-likeness (QED) is 0.579. The van der Waals surface area contributed by atoms with E-state index >= 15 is 0 Å². The van der Waals surface area contributed by atoms with Crippen molar-refractivity contribution in [2.75, 3.05) is 23.3 Å². The minimum atomic E-state index is -0.376. The van der Waals surface area contributed by atoms with Gasteiger partial charge in [-0.3, -0.25) is 14.9 Å². The molecular formula is C19H20N8O2. The lowest BCUT2D eigenvalue weighted by Crippen LogP contribution is -2.35. The Labute approximate surface area is 166 Å². The molecule has 1 aliphatic carbocycles. The number of hydrogen-bond acceptors (Lipinski definition) is 8. The molecule has 1 saturated carbocycles. The summed E-state index contributed by atoms with van der Waals surface area (Å²) in [4.78, 5) is 34.9. The van der Waals surface area contributed by atoms with Gasteiger partial charge in [0.2, 0.25) is 17.8 Å². The zero-order valence-electron chi connectivity index (χ0n) is 15.8. The van der Waals surface area contributed by atoms with Gasteiger partial charge in [0, 0.05) is 36.2 Å². The minimum absolute atomic E-state index is 0.0585. The molecule has 5 rings (SSSR count). The van der Waals surface area contributed by atoms with Crippen molar-refractivity contribution in [2.45, 2.75) is 38.1 Å². The van der Waals surface area contributed by atoms with Crippen LogP contribution in [0.15, 0.2) is 11.8 Å². The third kappa shape index (κ3) is 3.40. The zero-order chi connectivity index (χ0) is 20.0. The molecule has 4 heterocycles. The average Bonchev–Trinajstić information content (AvgIpc) is 3.36. The van der Waals surface area contributed by atoms with Crippen molar-refractivity contribution in [3.05, 3.63) is 17.3 Å². The molecule has 148 valence electrons. The molecule has 0 bridgehead atoms. The number of nitrogens with zero attached hydrogens (tertiary/aromatic N) is 6. The largest absolute Gasteiger partial charge is 0.351 e. The second-order valence-electron chi connectivity index (χ2n) is 7.72. The molecule has 3 aliphatic rings. The number of nitriles is 1. The van der Waals surface area contributed by atoms with Crippen LogP contribution >= 0.6 is 0 Å². The molecule has 0 unspecified atom stereocenters. The number of hydrogen-bond donors (Lipinski definition) is 2. The predicted octanol–water partition coefficient (Wildman–Crippen LogP) is 0.868. The molecule has 0 aromatic carbocycles. The lowest BCUT2D eigenvalue weighted by atomic mass is 9.99. The Bertz CT molecular complexity index is 1070. The van der Waals surface area contributed by atoms with Gasteiger partial charge in [-0.15, -0.1) is 0 Å². The molecule has 10 heteroatoms. The van der Waals surface area contributed by atoms with Crippen molar-refractivity contribution < 1.29 is 9.59 Å². The number of nitrogens with one attached hydrogen (secondary N) is 2. The van der Waals surface area contributed by atoms with E-state index in [-0.39, 0.29) is 24.2 Å². The number of carbonyl (C=O) groups is 2. The summed E-state index contributed by atoms with van der Waals surface area (Å²) in [5.74, 6) is 0.603. The van der Waals surface area contributed by atoms with Crippen molar-refractivity contribution in [3.63, 3.8) is 0 Å². The van der Waals surface area contributed by atoms with Crippen molar-refractivity contribution in [3.8, 4) is 6.07 Å². The third-order valence-electron chi connectivity index (χ3n) is 5.48. The highest BCUT2D eigenvalue weighted by molar-refractivity contribution is 6.15. The number of anilines is 2. The maximum absolute atomic E-state index is 11.9.